The third-order valence-corrected chi connectivity index (χ3v) is 4.18. The zero-order chi connectivity index (χ0) is 15.1. The quantitative estimate of drug-likeness (QED) is 0.346. The molecular formula is C21H18N+. The Morgan fingerprint density at radius 1 is 0.591 bits per heavy atom. The minimum atomic E-state index is 1.20. The van der Waals surface area contributed by atoms with Gasteiger partial charge in [-0.2, -0.15) is 4.57 Å². The third kappa shape index (κ3) is 2.06. The molecule has 0 N–H and O–H groups in total. The van der Waals surface area contributed by atoms with Crippen molar-refractivity contribution in [2.45, 2.75) is 13.8 Å². The van der Waals surface area contributed by atoms with E-state index in [9.17, 15) is 0 Å². The van der Waals surface area contributed by atoms with Crippen molar-refractivity contribution >= 4 is 21.8 Å². The highest BCUT2D eigenvalue weighted by Gasteiger charge is 2.17. The van der Waals surface area contributed by atoms with Crippen LogP contribution in [0, 0.1) is 13.8 Å². The number of pyridine rings is 1. The molecule has 0 unspecified atom stereocenters. The van der Waals surface area contributed by atoms with Crippen LogP contribution in [0.25, 0.3) is 27.5 Å². The Hall–Kier alpha value is -2.67. The summed E-state index contributed by atoms with van der Waals surface area (Å²) < 4.78 is 2.37. The minimum Gasteiger partial charge on any atom is -0.153 e. The van der Waals surface area contributed by atoms with Crippen LogP contribution < -0.4 is 4.57 Å². The van der Waals surface area contributed by atoms with Crippen molar-refractivity contribution in [1.82, 2.24) is 0 Å². The average molecular weight is 284 g/mol. The van der Waals surface area contributed by atoms with Crippen molar-refractivity contribution in [3.8, 4) is 5.69 Å². The lowest BCUT2D eigenvalue weighted by Crippen LogP contribution is -2.32. The van der Waals surface area contributed by atoms with Gasteiger partial charge < -0.3 is 0 Å². The molecule has 4 aromatic rings. The Bertz CT molecular complexity index is 925. The summed E-state index contributed by atoms with van der Waals surface area (Å²) in [7, 11) is 0. The standard InChI is InChI=1S/C21H18N/c1-15-8-10-17-14-18-11-9-16(2)13-21(18)22(20(17)12-15)19-6-4-3-5-7-19/h3-14H,1-2H3/q+1. The van der Waals surface area contributed by atoms with Crippen LogP contribution in [0.15, 0.2) is 72.8 Å². The first-order chi connectivity index (χ1) is 10.7. The Balaban J connectivity index is 2.24. The average Bonchev–Trinajstić information content (AvgIpc) is 2.54. The highest BCUT2D eigenvalue weighted by atomic mass is 15.0. The van der Waals surface area contributed by atoms with Gasteiger partial charge in [-0.25, -0.2) is 0 Å². The van der Waals surface area contributed by atoms with E-state index in [1.165, 1.54) is 38.6 Å². The van der Waals surface area contributed by atoms with E-state index >= 15 is 0 Å². The van der Waals surface area contributed by atoms with E-state index < -0.39 is 0 Å². The molecular weight excluding hydrogens is 266 g/mol. The highest BCUT2D eigenvalue weighted by molar-refractivity contribution is 5.89. The highest BCUT2D eigenvalue weighted by Crippen LogP contribution is 2.22. The van der Waals surface area contributed by atoms with Crippen molar-refractivity contribution in [1.29, 1.82) is 0 Å². The summed E-state index contributed by atoms with van der Waals surface area (Å²) in [5, 5.41) is 2.54. The summed E-state index contributed by atoms with van der Waals surface area (Å²) >= 11 is 0. The van der Waals surface area contributed by atoms with E-state index in [-0.39, 0.29) is 0 Å². The molecule has 0 saturated carbocycles. The van der Waals surface area contributed by atoms with Gasteiger partial charge in [0.15, 0.2) is 0 Å². The first-order valence-electron chi connectivity index (χ1n) is 7.63. The molecule has 106 valence electrons. The fourth-order valence-electron chi connectivity index (χ4n) is 3.09. The Labute approximate surface area is 130 Å². The SMILES string of the molecule is Cc1ccc2cc3ccc(C)cc3[n+](-c3ccccc3)c2c1. The van der Waals surface area contributed by atoms with Gasteiger partial charge in [-0.3, -0.25) is 0 Å². The molecule has 0 bridgehead atoms. The number of nitrogens with zero attached hydrogens (tertiary/aromatic N) is 1. The molecule has 1 heteroatoms. The number of hydrogen-bond acceptors (Lipinski definition) is 0. The second kappa shape index (κ2) is 4.96. The fourth-order valence-corrected chi connectivity index (χ4v) is 3.09. The van der Waals surface area contributed by atoms with Crippen LogP contribution in [0.2, 0.25) is 0 Å². The number of aryl methyl sites for hydroxylation is 2. The van der Waals surface area contributed by atoms with Crippen molar-refractivity contribution in [3.05, 3.63) is 83.9 Å². The molecule has 0 aliphatic rings. The first-order valence-corrected chi connectivity index (χ1v) is 7.63. The molecule has 0 amide bonds. The van der Waals surface area contributed by atoms with Gasteiger partial charge in [0.05, 0.1) is 0 Å². The van der Waals surface area contributed by atoms with E-state index in [0.717, 1.165) is 0 Å². The van der Waals surface area contributed by atoms with Crippen molar-refractivity contribution in [3.63, 3.8) is 0 Å². The summed E-state index contributed by atoms with van der Waals surface area (Å²) in [5.41, 5.74) is 6.27. The number of para-hydroxylation sites is 1. The second-order valence-corrected chi connectivity index (χ2v) is 5.94. The van der Waals surface area contributed by atoms with Gasteiger partial charge >= 0.3 is 0 Å². The van der Waals surface area contributed by atoms with Gasteiger partial charge in [-0.15, -0.1) is 0 Å². The second-order valence-electron chi connectivity index (χ2n) is 5.94. The largest absolute Gasteiger partial charge is 0.219 e. The Morgan fingerprint density at radius 2 is 1.14 bits per heavy atom. The normalized spacial score (nSPS) is 11.2. The van der Waals surface area contributed by atoms with Crippen LogP contribution in [0.3, 0.4) is 0 Å². The third-order valence-electron chi connectivity index (χ3n) is 4.18. The van der Waals surface area contributed by atoms with E-state index in [1.807, 2.05) is 0 Å². The molecule has 0 atom stereocenters. The molecule has 0 spiro atoms. The maximum Gasteiger partial charge on any atom is 0.219 e. The van der Waals surface area contributed by atoms with Gasteiger partial charge in [0, 0.05) is 35.0 Å². The minimum absolute atomic E-state index is 1.20. The lowest BCUT2D eigenvalue weighted by atomic mass is 10.1. The molecule has 0 aliphatic heterocycles. The van der Waals surface area contributed by atoms with Crippen LogP contribution in [0.5, 0.6) is 0 Å². The van der Waals surface area contributed by atoms with E-state index in [0.29, 0.717) is 0 Å². The van der Waals surface area contributed by atoms with Crippen LogP contribution >= 0.6 is 0 Å². The maximum atomic E-state index is 2.37. The molecule has 4 rings (SSSR count). The lowest BCUT2D eigenvalue weighted by molar-refractivity contribution is -0.538. The predicted octanol–water partition coefficient (Wildman–Crippen LogP) is 4.89. The topological polar surface area (TPSA) is 3.88 Å². The number of benzene rings is 3. The van der Waals surface area contributed by atoms with Gasteiger partial charge in [0.2, 0.25) is 16.7 Å². The van der Waals surface area contributed by atoms with Gasteiger partial charge in [0.1, 0.15) is 0 Å². The molecule has 3 aromatic carbocycles. The number of rotatable bonds is 1. The molecule has 0 saturated heterocycles. The molecule has 1 aromatic heterocycles. The Morgan fingerprint density at radius 3 is 1.68 bits per heavy atom. The summed E-state index contributed by atoms with van der Waals surface area (Å²) in [6, 6.07) is 26.2. The summed E-state index contributed by atoms with van der Waals surface area (Å²) in [6.45, 7) is 4.30. The van der Waals surface area contributed by atoms with Crippen LogP contribution in [0.4, 0.5) is 0 Å². The molecule has 0 aliphatic carbocycles. The van der Waals surface area contributed by atoms with E-state index in [1.54, 1.807) is 0 Å². The summed E-state index contributed by atoms with van der Waals surface area (Å²) in [6.07, 6.45) is 0. The first kappa shape index (κ1) is 13.0. The molecule has 22 heavy (non-hydrogen) atoms. The molecule has 0 radical (unpaired) electrons. The Kier molecular flexibility index (Phi) is 2.93. The molecule has 1 heterocycles. The summed E-state index contributed by atoms with van der Waals surface area (Å²) in [4.78, 5) is 0. The van der Waals surface area contributed by atoms with Crippen LogP contribution in [-0.4, -0.2) is 0 Å². The smallest absolute Gasteiger partial charge is 0.153 e. The van der Waals surface area contributed by atoms with Gasteiger partial charge in [-0.1, -0.05) is 30.3 Å². The zero-order valence-electron chi connectivity index (χ0n) is 12.9. The monoisotopic (exact) mass is 284 g/mol. The van der Waals surface area contributed by atoms with Crippen molar-refractivity contribution in [2.24, 2.45) is 0 Å². The van der Waals surface area contributed by atoms with E-state index in [4.69, 9.17) is 0 Å². The zero-order valence-corrected chi connectivity index (χ0v) is 12.9. The maximum absolute atomic E-state index is 2.37. The lowest BCUT2D eigenvalue weighted by Gasteiger charge is -2.07. The fraction of sp³-hybridized carbons (Fsp3) is 0.0952. The number of aromatic nitrogens is 1. The van der Waals surface area contributed by atoms with Crippen LogP contribution in [-0.2, 0) is 0 Å². The van der Waals surface area contributed by atoms with Crippen LogP contribution in [0.1, 0.15) is 11.1 Å². The molecule has 1 nitrogen and oxygen atoms in total. The van der Waals surface area contributed by atoms with Crippen molar-refractivity contribution < 1.29 is 4.57 Å². The van der Waals surface area contributed by atoms with E-state index in [2.05, 4.69) is 91.2 Å². The van der Waals surface area contributed by atoms with Gasteiger partial charge in [0.25, 0.3) is 0 Å². The summed E-state index contributed by atoms with van der Waals surface area (Å²) in [5.74, 6) is 0. The van der Waals surface area contributed by atoms with Gasteiger partial charge in [-0.05, 0) is 43.2 Å². The number of fused-ring (bicyclic) bond motifs is 2. The van der Waals surface area contributed by atoms with Crippen molar-refractivity contribution in [2.75, 3.05) is 0 Å². The predicted molar refractivity (Wildman–Crippen MR) is 92.5 cm³/mol. The molecule has 0 fully saturated rings. The number of hydrogen-bond donors (Lipinski definition) is 0.